The summed E-state index contributed by atoms with van der Waals surface area (Å²) in [5.74, 6) is 0.113. The van der Waals surface area contributed by atoms with Gasteiger partial charge in [-0.25, -0.2) is 8.42 Å². The molecule has 0 atom stereocenters. The number of sulfone groups is 1. The quantitative estimate of drug-likeness (QED) is 0.711. The maximum Gasteiger partial charge on any atom is 0.249 e. The Hall–Kier alpha value is -2.26. The maximum atomic E-state index is 12.5. The van der Waals surface area contributed by atoms with Crippen molar-refractivity contribution in [1.29, 1.82) is 0 Å². The van der Waals surface area contributed by atoms with Gasteiger partial charge in [0.1, 0.15) is 4.75 Å². The van der Waals surface area contributed by atoms with Crippen molar-refractivity contribution < 1.29 is 17.9 Å². The first-order valence-corrected chi connectivity index (χ1v) is 10.4. The summed E-state index contributed by atoms with van der Waals surface area (Å²) in [4.78, 5) is 16.8. The van der Waals surface area contributed by atoms with Crippen molar-refractivity contribution >= 4 is 21.7 Å². The molecule has 1 aromatic heterocycles. The van der Waals surface area contributed by atoms with Gasteiger partial charge in [0.2, 0.25) is 11.9 Å². The predicted molar refractivity (Wildman–Crippen MR) is 102 cm³/mol. The highest BCUT2D eigenvalue weighted by molar-refractivity contribution is 7.93. The number of rotatable bonds is 8. The van der Waals surface area contributed by atoms with Gasteiger partial charge in [0, 0.05) is 12.7 Å². The Morgan fingerprint density at radius 2 is 1.96 bits per heavy atom. The maximum absolute atomic E-state index is 12.5. The Morgan fingerprint density at radius 3 is 2.56 bits per heavy atom. The van der Waals surface area contributed by atoms with Gasteiger partial charge in [-0.2, -0.15) is 4.98 Å². The van der Waals surface area contributed by atoms with Crippen LogP contribution in [0.5, 0.6) is 0 Å². The number of aromatic amines is 1. The molecule has 1 fully saturated rings. The molecule has 146 valence electrons. The van der Waals surface area contributed by atoms with Crippen molar-refractivity contribution in [1.82, 2.24) is 15.2 Å². The highest BCUT2D eigenvalue weighted by Crippen LogP contribution is 2.34. The Bertz CT molecular complexity index is 915. The molecule has 3 rings (SSSR count). The molecular weight excluding hydrogens is 368 g/mol. The highest BCUT2D eigenvalue weighted by Gasteiger charge is 2.44. The zero-order valence-corrected chi connectivity index (χ0v) is 16.5. The molecule has 27 heavy (non-hydrogen) atoms. The number of amides is 1. The lowest BCUT2D eigenvalue weighted by molar-refractivity contribution is -0.117. The van der Waals surface area contributed by atoms with Gasteiger partial charge in [0.05, 0.1) is 12.4 Å². The predicted octanol–water partition coefficient (Wildman–Crippen LogP) is 2.16. The molecule has 1 aromatic carbocycles. The van der Waals surface area contributed by atoms with Gasteiger partial charge in [-0.15, -0.1) is 5.10 Å². The van der Waals surface area contributed by atoms with E-state index in [-0.39, 0.29) is 17.6 Å². The Morgan fingerprint density at radius 1 is 1.30 bits per heavy atom. The van der Waals surface area contributed by atoms with E-state index in [1.807, 2.05) is 24.3 Å². The smallest absolute Gasteiger partial charge is 0.249 e. The SMILES string of the molecule is COCc1ccc(-c2nc(NC(=O)C(C)(C)S(=O)(=O)CC3CC3)n[nH]2)cc1. The second-order valence-corrected chi connectivity index (χ2v) is 9.91. The monoisotopic (exact) mass is 392 g/mol. The number of benzene rings is 1. The third-order valence-corrected chi connectivity index (χ3v) is 7.38. The minimum Gasteiger partial charge on any atom is -0.380 e. The molecule has 1 amide bonds. The summed E-state index contributed by atoms with van der Waals surface area (Å²) in [6, 6.07) is 7.55. The van der Waals surface area contributed by atoms with E-state index in [9.17, 15) is 13.2 Å². The molecule has 1 heterocycles. The molecular formula is C18H24N4O4S. The molecule has 0 bridgehead atoms. The van der Waals surface area contributed by atoms with Gasteiger partial charge >= 0.3 is 0 Å². The second kappa shape index (κ2) is 7.40. The van der Waals surface area contributed by atoms with E-state index in [0.717, 1.165) is 24.0 Å². The normalized spacial score (nSPS) is 14.9. The zero-order chi connectivity index (χ0) is 19.7. The van der Waals surface area contributed by atoms with Crippen LogP contribution in [0, 0.1) is 5.92 Å². The average Bonchev–Trinajstić information content (AvgIpc) is 3.29. The second-order valence-electron chi connectivity index (χ2n) is 7.33. The number of H-pyrrole nitrogens is 1. The van der Waals surface area contributed by atoms with E-state index in [1.54, 1.807) is 7.11 Å². The number of carbonyl (C=O) groups is 1. The number of hydrogen-bond acceptors (Lipinski definition) is 6. The lowest BCUT2D eigenvalue weighted by Crippen LogP contribution is -2.46. The number of carbonyl (C=O) groups excluding carboxylic acids is 1. The van der Waals surface area contributed by atoms with Crippen LogP contribution in [0.1, 0.15) is 32.3 Å². The summed E-state index contributed by atoms with van der Waals surface area (Å²) in [7, 11) is -1.93. The molecule has 0 aliphatic heterocycles. The molecule has 0 saturated heterocycles. The van der Waals surface area contributed by atoms with Gasteiger partial charge in [-0.1, -0.05) is 24.3 Å². The van der Waals surface area contributed by atoms with Crippen LogP contribution in [0.2, 0.25) is 0 Å². The summed E-state index contributed by atoms with van der Waals surface area (Å²) >= 11 is 0. The number of methoxy groups -OCH3 is 1. The Balaban J connectivity index is 1.70. The lowest BCUT2D eigenvalue weighted by atomic mass is 10.1. The molecule has 1 aliphatic carbocycles. The van der Waals surface area contributed by atoms with Gasteiger partial charge in [0.15, 0.2) is 15.7 Å². The van der Waals surface area contributed by atoms with E-state index >= 15 is 0 Å². The van der Waals surface area contributed by atoms with Crippen LogP contribution in [-0.2, 0) is 26.0 Å². The highest BCUT2D eigenvalue weighted by atomic mass is 32.2. The van der Waals surface area contributed by atoms with Crippen molar-refractivity contribution in [3.8, 4) is 11.4 Å². The van der Waals surface area contributed by atoms with E-state index in [0.29, 0.717) is 12.4 Å². The van der Waals surface area contributed by atoms with Crippen LogP contribution in [0.25, 0.3) is 11.4 Å². The van der Waals surface area contributed by atoms with Gasteiger partial charge in [-0.3, -0.25) is 15.2 Å². The van der Waals surface area contributed by atoms with Crippen LogP contribution in [-0.4, -0.2) is 47.1 Å². The number of ether oxygens (including phenoxy) is 1. The first-order valence-electron chi connectivity index (χ1n) is 8.77. The van der Waals surface area contributed by atoms with E-state index in [4.69, 9.17) is 4.74 Å². The molecule has 0 radical (unpaired) electrons. The first-order chi connectivity index (χ1) is 12.7. The fraction of sp³-hybridized carbons (Fsp3) is 0.500. The van der Waals surface area contributed by atoms with E-state index in [2.05, 4.69) is 20.5 Å². The van der Waals surface area contributed by atoms with E-state index < -0.39 is 20.5 Å². The molecule has 1 aliphatic rings. The average molecular weight is 392 g/mol. The zero-order valence-electron chi connectivity index (χ0n) is 15.7. The molecule has 8 nitrogen and oxygen atoms in total. The molecule has 2 N–H and O–H groups in total. The Kier molecular flexibility index (Phi) is 5.34. The fourth-order valence-electron chi connectivity index (χ4n) is 2.57. The van der Waals surface area contributed by atoms with Crippen LogP contribution in [0.15, 0.2) is 24.3 Å². The fourth-order valence-corrected chi connectivity index (χ4v) is 4.27. The molecule has 2 aromatic rings. The third kappa shape index (κ3) is 4.36. The van der Waals surface area contributed by atoms with Crippen molar-refractivity contribution in [2.45, 2.75) is 38.0 Å². The Labute approximate surface area is 158 Å². The van der Waals surface area contributed by atoms with Gasteiger partial charge in [-0.05, 0) is 38.2 Å². The number of nitrogens with one attached hydrogen (secondary N) is 2. The summed E-state index contributed by atoms with van der Waals surface area (Å²) in [5, 5.41) is 9.24. The minimum absolute atomic E-state index is 0.0421. The van der Waals surface area contributed by atoms with Crippen molar-refractivity contribution in [2.24, 2.45) is 5.92 Å². The summed E-state index contributed by atoms with van der Waals surface area (Å²) in [6.45, 7) is 3.35. The number of anilines is 1. The summed E-state index contributed by atoms with van der Waals surface area (Å²) in [6.07, 6.45) is 1.81. The minimum atomic E-state index is -3.56. The lowest BCUT2D eigenvalue weighted by Gasteiger charge is -2.22. The van der Waals surface area contributed by atoms with Crippen molar-refractivity contribution in [3.63, 3.8) is 0 Å². The summed E-state index contributed by atoms with van der Waals surface area (Å²) < 4.78 is 28.6. The number of hydrogen-bond donors (Lipinski definition) is 2. The van der Waals surface area contributed by atoms with Crippen LogP contribution >= 0.6 is 0 Å². The first kappa shape index (κ1) is 19.5. The van der Waals surface area contributed by atoms with Crippen LogP contribution < -0.4 is 5.32 Å². The largest absolute Gasteiger partial charge is 0.380 e. The standard InChI is InChI=1S/C18H24N4O4S/c1-18(2,27(24,25)11-13-4-5-13)16(23)20-17-19-15(21-22-17)14-8-6-12(7-9-14)10-26-3/h6-9,13H,4-5,10-11H2,1-3H3,(H2,19,20,21,22,23). The van der Waals surface area contributed by atoms with Crippen LogP contribution in [0.3, 0.4) is 0 Å². The van der Waals surface area contributed by atoms with E-state index in [1.165, 1.54) is 13.8 Å². The molecule has 9 heteroatoms. The number of nitrogens with zero attached hydrogens (tertiary/aromatic N) is 2. The number of aromatic nitrogens is 3. The molecule has 0 spiro atoms. The van der Waals surface area contributed by atoms with Crippen LogP contribution in [0.4, 0.5) is 5.95 Å². The van der Waals surface area contributed by atoms with Gasteiger partial charge in [0.25, 0.3) is 0 Å². The molecule has 0 unspecified atom stereocenters. The van der Waals surface area contributed by atoms with Crippen molar-refractivity contribution in [2.75, 3.05) is 18.2 Å². The summed E-state index contributed by atoms with van der Waals surface area (Å²) in [5.41, 5.74) is 1.82. The van der Waals surface area contributed by atoms with Crippen molar-refractivity contribution in [3.05, 3.63) is 29.8 Å². The molecule has 1 saturated carbocycles. The van der Waals surface area contributed by atoms with Gasteiger partial charge < -0.3 is 4.74 Å². The third-order valence-electron chi connectivity index (χ3n) is 4.73. The topological polar surface area (TPSA) is 114 Å².